The summed E-state index contributed by atoms with van der Waals surface area (Å²) in [6.45, 7) is 3.56. The third-order valence-electron chi connectivity index (χ3n) is 1.97. The molecular weight excluding hydrogens is 232 g/mol. The summed E-state index contributed by atoms with van der Waals surface area (Å²) in [5, 5.41) is 0. The van der Waals surface area contributed by atoms with E-state index in [0.717, 1.165) is 16.8 Å². The van der Waals surface area contributed by atoms with E-state index in [0.29, 0.717) is 12.7 Å². The molecule has 0 aliphatic carbocycles. The maximum atomic E-state index is 5.52. The number of hydrogen-bond donors (Lipinski definition) is 0. The average molecular weight is 243 g/mol. The molecule has 0 saturated carbocycles. The first-order valence-corrected chi connectivity index (χ1v) is 5.05. The first kappa shape index (κ1) is 9.03. The fraction of sp³-hybridized carbons (Fsp3) is 0.400. The zero-order valence-corrected chi connectivity index (χ0v) is 9.00. The van der Waals surface area contributed by atoms with Gasteiger partial charge in [0.25, 0.3) is 0 Å². The molecule has 1 heterocycles. The van der Waals surface area contributed by atoms with Crippen molar-refractivity contribution in [1.29, 1.82) is 0 Å². The minimum atomic E-state index is 0.323. The predicted octanol–water partition coefficient (Wildman–Crippen LogP) is 2.54. The molecule has 1 saturated heterocycles. The van der Waals surface area contributed by atoms with Crippen molar-refractivity contribution in [3.8, 4) is 5.75 Å². The quantitative estimate of drug-likeness (QED) is 0.761. The Balaban J connectivity index is 1.98. The Bertz CT molecular complexity index is 308. The van der Waals surface area contributed by atoms with Gasteiger partial charge in [-0.05, 0) is 30.7 Å². The SMILES string of the molecule is Cc1cc(OCC2CO2)ccc1Br. The third-order valence-corrected chi connectivity index (χ3v) is 2.86. The minimum absolute atomic E-state index is 0.323. The van der Waals surface area contributed by atoms with Gasteiger partial charge in [0.15, 0.2) is 0 Å². The van der Waals surface area contributed by atoms with Crippen molar-refractivity contribution in [2.24, 2.45) is 0 Å². The van der Waals surface area contributed by atoms with Crippen LogP contribution >= 0.6 is 15.9 Å². The van der Waals surface area contributed by atoms with Gasteiger partial charge in [0.2, 0.25) is 0 Å². The van der Waals surface area contributed by atoms with Crippen LogP contribution in [0.4, 0.5) is 0 Å². The molecule has 2 nitrogen and oxygen atoms in total. The molecule has 0 aromatic heterocycles. The van der Waals surface area contributed by atoms with Crippen LogP contribution in [0.1, 0.15) is 5.56 Å². The molecular formula is C10H11BrO2. The number of halogens is 1. The van der Waals surface area contributed by atoms with Gasteiger partial charge in [-0.25, -0.2) is 0 Å². The number of rotatable bonds is 3. The minimum Gasteiger partial charge on any atom is -0.491 e. The van der Waals surface area contributed by atoms with Crippen LogP contribution in [0.25, 0.3) is 0 Å². The molecule has 0 spiro atoms. The fourth-order valence-electron chi connectivity index (χ4n) is 1.06. The predicted molar refractivity (Wildman–Crippen MR) is 54.1 cm³/mol. The Morgan fingerprint density at radius 2 is 2.38 bits per heavy atom. The van der Waals surface area contributed by atoms with E-state index >= 15 is 0 Å². The van der Waals surface area contributed by atoms with Gasteiger partial charge >= 0.3 is 0 Å². The molecule has 1 fully saturated rings. The molecule has 2 rings (SSSR count). The van der Waals surface area contributed by atoms with Crippen molar-refractivity contribution in [2.45, 2.75) is 13.0 Å². The van der Waals surface area contributed by atoms with Crippen LogP contribution in [0.15, 0.2) is 22.7 Å². The van der Waals surface area contributed by atoms with Crippen LogP contribution in [-0.2, 0) is 4.74 Å². The van der Waals surface area contributed by atoms with Crippen LogP contribution in [0.5, 0.6) is 5.75 Å². The highest BCUT2D eigenvalue weighted by atomic mass is 79.9. The average Bonchev–Trinajstić information content (AvgIpc) is 2.91. The van der Waals surface area contributed by atoms with Crippen LogP contribution in [0, 0.1) is 6.92 Å². The van der Waals surface area contributed by atoms with Gasteiger partial charge < -0.3 is 9.47 Å². The van der Waals surface area contributed by atoms with Gasteiger partial charge in [-0.1, -0.05) is 15.9 Å². The van der Waals surface area contributed by atoms with Crippen molar-refractivity contribution in [1.82, 2.24) is 0 Å². The van der Waals surface area contributed by atoms with E-state index in [1.165, 1.54) is 5.56 Å². The molecule has 70 valence electrons. The smallest absolute Gasteiger partial charge is 0.119 e. The summed E-state index contributed by atoms with van der Waals surface area (Å²) in [7, 11) is 0. The summed E-state index contributed by atoms with van der Waals surface area (Å²) in [5.41, 5.74) is 1.19. The Morgan fingerprint density at radius 3 is 3.00 bits per heavy atom. The van der Waals surface area contributed by atoms with Crippen molar-refractivity contribution in [3.05, 3.63) is 28.2 Å². The largest absolute Gasteiger partial charge is 0.491 e. The summed E-state index contributed by atoms with van der Waals surface area (Å²) in [4.78, 5) is 0. The molecule has 1 atom stereocenters. The second-order valence-electron chi connectivity index (χ2n) is 3.18. The van der Waals surface area contributed by atoms with Gasteiger partial charge in [-0.3, -0.25) is 0 Å². The fourth-order valence-corrected chi connectivity index (χ4v) is 1.31. The first-order valence-electron chi connectivity index (χ1n) is 4.26. The van der Waals surface area contributed by atoms with Crippen molar-refractivity contribution in [3.63, 3.8) is 0 Å². The molecule has 1 aromatic carbocycles. The third kappa shape index (κ3) is 2.45. The van der Waals surface area contributed by atoms with E-state index in [-0.39, 0.29) is 0 Å². The van der Waals surface area contributed by atoms with Gasteiger partial charge in [0, 0.05) is 4.47 Å². The highest BCUT2D eigenvalue weighted by Crippen LogP contribution is 2.22. The Morgan fingerprint density at radius 1 is 1.62 bits per heavy atom. The summed E-state index contributed by atoms with van der Waals surface area (Å²) >= 11 is 3.44. The number of aryl methyl sites for hydroxylation is 1. The number of benzene rings is 1. The van der Waals surface area contributed by atoms with Crippen molar-refractivity contribution < 1.29 is 9.47 Å². The lowest BCUT2D eigenvalue weighted by atomic mass is 10.2. The summed E-state index contributed by atoms with van der Waals surface area (Å²) in [5.74, 6) is 0.913. The summed E-state index contributed by atoms with van der Waals surface area (Å²) in [6.07, 6.45) is 0.323. The summed E-state index contributed by atoms with van der Waals surface area (Å²) in [6, 6.07) is 5.98. The number of hydrogen-bond acceptors (Lipinski definition) is 2. The molecule has 0 amide bonds. The van der Waals surface area contributed by atoms with Gasteiger partial charge in [-0.15, -0.1) is 0 Å². The van der Waals surface area contributed by atoms with E-state index in [9.17, 15) is 0 Å². The number of ether oxygens (including phenoxy) is 2. The van der Waals surface area contributed by atoms with Crippen LogP contribution < -0.4 is 4.74 Å². The second-order valence-corrected chi connectivity index (χ2v) is 4.03. The highest BCUT2D eigenvalue weighted by Gasteiger charge is 2.22. The Labute approximate surface area is 86.0 Å². The Hall–Kier alpha value is -0.540. The van der Waals surface area contributed by atoms with Gasteiger partial charge in [0.1, 0.15) is 18.5 Å². The normalized spacial score (nSPS) is 20.0. The molecule has 13 heavy (non-hydrogen) atoms. The zero-order chi connectivity index (χ0) is 9.26. The van der Waals surface area contributed by atoms with Crippen molar-refractivity contribution >= 4 is 15.9 Å². The van der Waals surface area contributed by atoms with Gasteiger partial charge in [0.05, 0.1) is 6.61 Å². The lowest BCUT2D eigenvalue weighted by molar-refractivity contribution is 0.263. The van der Waals surface area contributed by atoms with Crippen molar-refractivity contribution in [2.75, 3.05) is 13.2 Å². The maximum Gasteiger partial charge on any atom is 0.119 e. The molecule has 1 aromatic rings. The van der Waals surface area contributed by atoms with Crippen LogP contribution in [0.3, 0.4) is 0 Å². The standard InChI is InChI=1S/C10H11BrO2/c1-7-4-8(2-3-10(7)11)12-5-9-6-13-9/h2-4,9H,5-6H2,1H3. The monoisotopic (exact) mass is 242 g/mol. The van der Waals surface area contributed by atoms with Crippen LogP contribution in [0.2, 0.25) is 0 Å². The summed E-state index contributed by atoms with van der Waals surface area (Å²) < 4.78 is 11.7. The second kappa shape index (κ2) is 3.68. The topological polar surface area (TPSA) is 21.8 Å². The Kier molecular flexibility index (Phi) is 2.56. The van der Waals surface area contributed by atoms with Gasteiger partial charge in [-0.2, -0.15) is 0 Å². The molecule has 0 N–H and O–H groups in total. The van der Waals surface area contributed by atoms with E-state index in [1.807, 2.05) is 25.1 Å². The highest BCUT2D eigenvalue weighted by molar-refractivity contribution is 9.10. The zero-order valence-electron chi connectivity index (χ0n) is 7.42. The molecule has 1 unspecified atom stereocenters. The maximum absolute atomic E-state index is 5.52. The van der Waals surface area contributed by atoms with Crippen LogP contribution in [-0.4, -0.2) is 19.3 Å². The van der Waals surface area contributed by atoms with E-state index in [1.54, 1.807) is 0 Å². The molecule has 0 radical (unpaired) electrons. The number of epoxide rings is 1. The molecule has 3 heteroatoms. The lowest BCUT2D eigenvalue weighted by Crippen LogP contribution is -2.03. The van der Waals surface area contributed by atoms with E-state index in [2.05, 4.69) is 15.9 Å². The lowest BCUT2D eigenvalue weighted by Gasteiger charge is -2.05. The molecule has 1 aliphatic heterocycles. The first-order chi connectivity index (χ1) is 6.25. The molecule has 0 bridgehead atoms. The van der Waals surface area contributed by atoms with E-state index < -0.39 is 0 Å². The molecule has 1 aliphatic rings. The van der Waals surface area contributed by atoms with E-state index in [4.69, 9.17) is 9.47 Å².